The molecule has 1 fully saturated rings. The molecule has 11 heteroatoms. The fraction of sp³-hybridized carbons (Fsp3) is 0.625. The summed E-state index contributed by atoms with van der Waals surface area (Å²) in [7, 11) is 0. The van der Waals surface area contributed by atoms with Crippen molar-refractivity contribution in [2.24, 2.45) is 5.92 Å². The Hall–Kier alpha value is -2.92. The molecule has 1 heterocycles. The lowest BCUT2D eigenvalue weighted by Gasteiger charge is -2.23. The molecule has 35 heavy (non-hydrogen) atoms. The number of ether oxygens (including phenoxy) is 4. The molecule has 0 saturated carbocycles. The van der Waals surface area contributed by atoms with Crippen molar-refractivity contribution in [1.29, 1.82) is 0 Å². The van der Waals surface area contributed by atoms with Gasteiger partial charge >= 0.3 is 18.0 Å². The maximum atomic E-state index is 13.2. The van der Waals surface area contributed by atoms with Crippen LogP contribution in [0.3, 0.4) is 0 Å². The number of alkyl carbamates (subject to hydrolysis) is 1. The number of hydrogen-bond acceptors (Lipinski definition) is 7. The largest absolute Gasteiger partial charge is 0.491 e. The molecule has 1 aromatic rings. The number of amides is 1. The van der Waals surface area contributed by atoms with E-state index in [1.54, 1.807) is 58.9 Å². The van der Waals surface area contributed by atoms with Crippen molar-refractivity contribution in [3.8, 4) is 5.75 Å². The second kappa shape index (κ2) is 11.7. The van der Waals surface area contributed by atoms with Gasteiger partial charge in [-0.2, -0.15) is 0 Å². The van der Waals surface area contributed by atoms with E-state index in [2.05, 4.69) is 5.32 Å². The number of alkyl halides is 1. The van der Waals surface area contributed by atoms with E-state index in [4.69, 9.17) is 18.9 Å². The number of rotatable bonds is 11. The topological polar surface area (TPSA) is 141 Å². The van der Waals surface area contributed by atoms with Gasteiger partial charge in [0.2, 0.25) is 0 Å². The summed E-state index contributed by atoms with van der Waals surface area (Å²) >= 11 is 0. The number of carboxylic acid groups (broad SMARTS) is 2. The third kappa shape index (κ3) is 9.33. The molecule has 10 nitrogen and oxygen atoms in total. The third-order valence-corrected chi connectivity index (χ3v) is 5.12. The Morgan fingerprint density at radius 1 is 1.09 bits per heavy atom. The minimum atomic E-state index is -1.44. The minimum absolute atomic E-state index is 0.0348. The molecule has 1 amide bonds. The van der Waals surface area contributed by atoms with E-state index in [9.17, 15) is 29.0 Å². The Morgan fingerprint density at radius 3 is 2.20 bits per heavy atom. The van der Waals surface area contributed by atoms with E-state index in [1.165, 1.54) is 0 Å². The van der Waals surface area contributed by atoms with Gasteiger partial charge in [-0.25, -0.2) is 14.0 Å². The van der Waals surface area contributed by atoms with Crippen molar-refractivity contribution >= 4 is 18.0 Å². The van der Waals surface area contributed by atoms with Gasteiger partial charge in [0.15, 0.2) is 5.79 Å². The zero-order chi connectivity index (χ0) is 26.4. The van der Waals surface area contributed by atoms with Crippen LogP contribution in [0.1, 0.15) is 46.6 Å². The summed E-state index contributed by atoms with van der Waals surface area (Å²) in [5, 5.41) is 21.3. The normalized spacial score (nSPS) is 21.1. The highest BCUT2D eigenvalue weighted by Gasteiger charge is 2.41. The van der Waals surface area contributed by atoms with Crippen molar-refractivity contribution in [2.75, 3.05) is 13.3 Å². The number of carbonyl (C=O) groups excluding carboxylic acids is 1. The van der Waals surface area contributed by atoms with Crippen LogP contribution in [0, 0.1) is 5.92 Å². The molecule has 0 spiro atoms. The zero-order valence-electron chi connectivity index (χ0n) is 20.6. The lowest BCUT2D eigenvalue weighted by atomic mass is 9.92. The van der Waals surface area contributed by atoms with Gasteiger partial charge in [-0.3, -0.25) is 4.79 Å². The lowest BCUT2D eigenvalue weighted by molar-refractivity contribution is -0.149. The number of nitrogens with one attached hydrogen (secondary N) is 1. The average molecular weight is 500 g/mol. The predicted octanol–water partition coefficient (Wildman–Crippen LogP) is 3.17. The van der Waals surface area contributed by atoms with Gasteiger partial charge < -0.3 is 34.5 Å². The van der Waals surface area contributed by atoms with E-state index in [1.807, 2.05) is 0 Å². The van der Waals surface area contributed by atoms with Gasteiger partial charge in [-0.05, 0) is 65.2 Å². The summed E-state index contributed by atoms with van der Waals surface area (Å²) in [4.78, 5) is 35.3. The van der Waals surface area contributed by atoms with E-state index >= 15 is 0 Å². The van der Waals surface area contributed by atoms with Crippen LogP contribution in [0.5, 0.6) is 5.75 Å². The van der Waals surface area contributed by atoms with Crippen molar-refractivity contribution in [3.05, 3.63) is 29.8 Å². The van der Waals surface area contributed by atoms with Gasteiger partial charge in [0.25, 0.3) is 0 Å². The first kappa shape index (κ1) is 28.3. The maximum Gasteiger partial charge on any atom is 0.408 e. The zero-order valence-corrected chi connectivity index (χ0v) is 20.6. The Balaban J connectivity index is 1.97. The Morgan fingerprint density at radius 2 is 1.69 bits per heavy atom. The monoisotopic (exact) mass is 499 g/mol. The molecule has 1 aliphatic rings. The highest BCUT2D eigenvalue weighted by Crippen LogP contribution is 2.29. The fourth-order valence-corrected chi connectivity index (χ4v) is 3.59. The quantitative estimate of drug-likeness (QED) is 0.419. The number of aliphatic carboxylic acids is 2. The first-order valence-electron chi connectivity index (χ1n) is 11.3. The van der Waals surface area contributed by atoms with Crippen LogP contribution in [0.2, 0.25) is 0 Å². The Labute approximate surface area is 203 Å². The number of carbonyl (C=O) groups is 3. The minimum Gasteiger partial charge on any atom is -0.491 e. The van der Waals surface area contributed by atoms with E-state index in [-0.39, 0.29) is 19.4 Å². The van der Waals surface area contributed by atoms with Gasteiger partial charge in [0.1, 0.15) is 42.9 Å². The molecule has 0 aromatic heterocycles. The average Bonchev–Trinajstić information content (AvgIpc) is 3.04. The van der Waals surface area contributed by atoms with Gasteiger partial charge in [-0.15, -0.1) is 0 Å². The molecule has 196 valence electrons. The first-order chi connectivity index (χ1) is 16.2. The van der Waals surface area contributed by atoms with Crippen LogP contribution < -0.4 is 10.1 Å². The molecule has 3 N–H and O–H groups in total. The molecule has 0 radical (unpaired) electrons. The fourth-order valence-electron chi connectivity index (χ4n) is 3.59. The Kier molecular flexibility index (Phi) is 9.45. The van der Waals surface area contributed by atoms with Crippen molar-refractivity contribution in [1.82, 2.24) is 5.32 Å². The van der Waals surface area contributed by atoms with Crippen LogP contribution in [-0.2, 0) is 30.2 Å². The second-order valence-corrected chi connectivity index (χ2v) is 9.83. The molecule has 4 atom stereocenters. The SMILES string of the molecule is CC(C)(C)OC(=O)N[C@H](C[C@H](Cc1ccc(OC[C@@H]2OC(C)(C)O[C@@H]2CF)cc1)C(=O)O)C(=O)O. The summed E-state index contributed by atoms with van der Waals surface area (Å²) in [5.74, 6) is -4.05. The molecule has 1 saturated heterocycles. The molecule has 2 rings (SSSR count). The molecular weight excluding hydrogens is 465 g/mol. The van der Waals surface area contributed by atoms with E-state index in [0.717, 1.165) is 0 Å². The number of benzene rings is 1. The highest BCUT2D eigenvalue weighted by molar-refractivity contribution is 5.81. The summed E-state index contributed by atoms with van der Waals surface area (Å²) in [6.45, 7) is 7.65. The van der Waals surface area contributed by atoms with Crippen LogP contribution in [0.15, 0.2) is 24.3 Å². The number of hydrogen-bond donors (Lipinski definition) is 3. The van der Waals surface area contributed by atoms with Crippen molar-refractivity contribution in [2.45, 2.75) is 77.1 Å². The molecule has 0 bridgehead atoms. The molecule has 0 aliphatic carbocycles. The smallest absolute Gasteiger partial charge is 0.408 e. The third-order valence-electron chi connectivity index (χ3n) is 5.12. The lowest BCUT2D eigenvalue weighted by Crippen LogP contribution is -2.45. The molecule has 1 aliphatic heterocycles. The summed E-state index contributed by atoms with van der Waals surface area (Å²) < 4.78 is 35.0. The summed E-state index contributed by atoms with van der Waals surface area (Å²) in [6.07, 6.45) is -2.53. The van der Waals surface area contributed by atoms with Crippen molar-refractivity contribution < 1.29 is 47.9 Å². The first-order valence-corrected chi connectivity index (χ1v) is 11.3. The van der Waals surface area contributed by atoms with E-state index < -0.39 is 60.3 Å². The summed E-state index contributed by atoms with van der Waals surface area (Å²) in [6, 6.07) is 5.14. The number of halogens is 1. The van der Waals surface area contributed by atoms with Gasteiger partial charge in [0.05, 0.1) is 5.92 Å². The number of carboxylic acids is 2. The van der Waals surface area contributed by atoms with Crippen LogP contribution in [0.4, 0.5) is 9.18 Å². The van der Waals surface area contributed by atoms with Crippen LogP contribution in [-0.4, -0.2) is 71.2 Å². The highest BCUT2D eigenvalue weighted by atomic mass is 19.1. The van der Waals surface area contributed by atoms with Crippen LogP contribution >= 0.6 is 0 Å². The van der Waals surface area contributed by atoms with E-state index in [0.29, 0.717) is 11.3 Å². The summed E-state index contributed by atoms with van der Waals surface area (Å²) in [5.41, 5.74) is -0.197. The van der Waals surface area contributed by atoms with Crippen LogP contribution in [0.25, 0.3) is 0 Å². The molecular formula is C24H34FNO9. The second-order valence-electron chi connectivity index (χ2n) is 9.83. The maximum absolute atomic E-state index is 13.2. The molecule has 0 unspecified atom stereocenters. The predicted molar refractivity (Wildman–Crippen MR) is 122 cm³/mol. The Bertz CT molecular complexity index is 882. The van der Waals surface area contributed by atoms with Crippen molar-refractivity contribution in [3.63, 3.8) is 0 Å². The standard InChI is InChI=1S/C24H34FNO9/c1-23(2,3)35-22(31)26-17(21(29)30)11-15(20(27)28)10-14-6-8-16(9-7-14)32-13-19-18(12-25)33-24(4,5)34-19/h6-9,15,17-19H,10-13H2,1-5H3,(H,26,31)(H,27,28)(H,29,30)/t15-,17+,18+,19-/m0/s1. The van der Waals surface area contributed by atoms with Gasteiger partial charge in [-0.1, -0.05) is 12.1 Å². The molecule has 1 aromatic carbocycles. The van der Waals surface area contributed by atoms with Gasteiger partial charge in [0, 0.05) is 0 Å².